The maximum absolute atomic E-state index is 13.1. The van der Waals surface area contributed by atoms with Crippen molar-refractivity contribution in [2.75, 3.05) is 24.7 Å². The molecule has 0 radical (unpaired) electrons. The van der Waals surface area contributed by atoms with Crippen LogP contribution in [0.15, 0.2) is 54.6 Å². The highest BCUT2D eigenvalue weighted by Crippen LogP contribution is 2.23. The van der Waals surface area contributed by atoms with E-state index in [1.807, 2.05) is 37.3 Å². The number of methoxy groups -OCH3 is 1. The molecule has 0 spiro atoms. The maximum Gasteiger partial charge on any atom is 0.246 e. The second kappa shape index (κ2) is 8.90. The number of carbonyl (C=O) groups excluding carboxylic acids is 1. The molecule has 0 heterocycles. The average molecular weight is 391 g/mol. The molecule has 146 valence electrons. The number of rotatable bonds is 8. The fourth-order valence-electron chi connectivity index (χ4n) is 2.96. The summed E-state index contributed by atoms with van der Waals surface area (Å²) in [6, 6.07) is 15.3. The SMILES string of the molecule is CCC(C(=O)N(C)Cc1ccc(OC)cc1)N(c1ccccc1)S(C)(=O)=O. The normalized spacial score (nSPS) is 12.3. The highest BCUT2D eigenvalue weighted by molar-refractivity contribution is 7.92. The summed E-state index contributed by atoms with van der Waals surface area (Å²) in [6.07, 6.45) is 1.49. The van der Waals surface area contributed by atoms with Crippen molar-refractivity contribution in [2.45, 2.75) is 25.9 Å². The molecule has 1 unspecified atom stereocenters. The van der Waals surface area contributed by atoms with E-state index < -0.39 is 16.1 Å². The molecule has 0 N–H and O–H groups in total. The van der Waals surface area contributed by atoms with E-state index in [1.54, 1.807) is 43.3 Å². The van der Waals surface area contributed by atoms with Crippen molar-refractivity contribution >= 4 is 21.6 Å². The summed E-state index contributed by atoms with van der Waals surface area (Å²) in [5.74, 6) is 0.495. The Balaban J connectivity index is 2.25. The van der Waals surface area contributed by atoms with E-state index in [2.05, 4.69) is 0 Å². The summed E-state index contributed by atoms with van der Waals surface area (Å²) >= 11 is 0. The zero-order valence-electron chi connectivity index (χ0n) is 16.1. The molecule has 0 saturated heterocycles. The fourth-order valence-corrected chi connectivity index (χ4v) is 4.16. The molecule has 0 aliphatic heterocycles. The van der Waals surface area contributed by atoms with E-state index in [0.29, 0.717) is 18.7 Å². The van der Waals surface area contributed by atoms with Gasteiger partial charge in [-0.2, -0.15) is 0 Å². The Morgan fingerprint density at radius 3 is 2.15 bits per heavy atom. The average Bonchev–Trinajstić information content (AvgIpc) is 2.65. The van der Waals surface area contributed by atoms with Crippen LogP contribution < -0.4 is 9.04 Å². The van der Waals surface area contributed by atoms with E-state index in [0.717, 1.165) is 17.6 Å². The lowest BCUT2D eigenvalue weighted by molar-refractivity contribution is -0.131. The van der Waals surface area contributed by atoms with Gasteiger partial charge in [0, 0.05) is 13.6 Å². The zero-order chi connectivity index (χ0) is 20.0. The molecule has 2 aromatic carbocycles. The van der Waals surface area contributed by atoms with Crippen molar-refractivity contribution in [3.63, 3.8) is 0 Å². The maximum atomic E-state index is 13.1. The molecule has 1 amide bonds. The first-order valence-corrected chi connectivity index (χ1v) is 10.5. The first kappa shape index (κ1) is 20.8. The van der Waals surface area contributed by atoms with Crippen LogP contribution in [0.1, 0.15) is 18.9 Å². The smallest absolute Gasteiger partial charge is 0.246 e. The predicted molar refractivity (Wildman–Crippen MR) is 107 cm³/mol. The number of sulfonamides is 1. The van der Waals surface area contributed by atoms with Crippen LogP contribution in [-0.2, 0) is 21.4 Å². The Hall–Kier alpha value is -2.54. The van der Waals surface area contributed by atoms with Crippen molar-refractivity contribution in [1.29, 1.82) is 0 Å². The van der Waals surface area contributed by atoms with Gasteiger partial charge >= 0.3 is 0 Å². The number of hydrogen-bond acceptors (Lipinski definition) is 4. The molecular weight excluding hydrogens is 364 g/mol. The molecule has 0 bridgehead atoms. The summed E-state index contributed by atoms with van der Waals surface area (Å²) in [5.41, 5.74) is 1.42. The van der Waals surface area contributed by atoms with Crippen LogP contribution in [0.4, 0.5) is 5.69 Å². The van der Waals surface area contributed by atoms with Gasteiger partial charge in [-0.15, -0.1) is 0 Å². The molecule has 1 atom stereocenters. The van der Waals surface area contributed by atoms with E-state index in [1.165, 1.54) is 4.31 Å². The van der Waals surface area contributed by atoms with Gasteiger partial charge in [0.05, 0.1) is 19.1 Å². The predicted octanol–water partition coefficient (Wildman–Crippen LogP) is 2.90. The first-order valence-electron chi connectivity index (χ1n) is 8.70. The molecule has 2 aromatic rings. The largest absolute Gasteiger partial charge is 0.497 e. The number of ether oxygens (including phenoxy) is 1. The van der Waals surface area contributed by atoms with E-state index in [-0.39, 0.29) is 5.91 Å². The third kappa shape index (κ3) is 5.23. The number of likely N-dealkylation sites (N-methyl/N-ethyl adjacent to an activating group) is 1. The summed E-state index contributed by atoms with van der Waals surface area (Å²) in [6.45, 7) is 2.19. The van der Waals surface area contributed by atoms with Crippen molar-refractivity contribution in [1.82, 2.24) is 4.90 Å². The molecule has 27 heavy (non-hydrogen) atoms. The number of nitrogens with zero attached hydrogens (tertiary/aromatic N) is 2. The third-order valence-corrected chi connectivity index (χ3v) is 5.46. The van der Waals surface area contributed by atoms with Gasteiger partial charge in [0.2, 0.25) is 15.9 Å². The van der Waals surface area contributed by atoms with Gasteiger partial charge < -0.3 is 9.64 Å². The molecule has 0 saturated carbocycles. The number of benzene rings is 2. The Bertz CT molecular complexity index is 851. The second-order valence-corrected chi connectivity index (χ2v) is 8.22. The van der Waals surface area contributed by atoms with Gasteiger partial charge in [-0.1, -0.05) is 37.3 Å². The molecule has 0 fully saturated rings. The van der Waals surface area contributed by atoms with Crippen LogP contribution in [0.25, 0.3) is 0 Å². The number of para-hydroxylation sites is 1. The summed E-state index contributed by atoms with van der Waals surface area (Å²) in [4.78, 5) is 14.6. The first-order chi connectivity index (χ1) is 12.8. The van der Waals surface area contributed by atoms with Crippen molar-refractivity contribution < 1.29 is 17.9 Å². The minimum absolute atomic E-state index is 0.248. The molecule has 0 aliphatic carbocycles. The molecule has 2 rings (SSSR count). The Morgan fingerprint density at radius 2 is 1.67 bits per heavy atom. The summed E-state index contributed by atoms with van der Waals surface area (Å²) < 4.78 is 31.2. The molecule has 7 heteroatoms. The van der Waals surface area contributed by atoms with Gasteiger partial charge in [-0.25, -0.2) is 8.42 Å². The van der Waals surface area contributed by atoms with Crippen LogP contribution in [-0.4, -0.2) is 45.7 Å². The lowest BCUT2D eigenvalue weighted by atomic mass is 10.1. The highest BCUT2D eigenvalue weighted by Gasteiger charge is 2.33. The molecule has 0 aromatic heterocycles. The molecule has 0 aliphatic rings. The second-order valence-electron chi connectivity index (χ2n) is 6.36. The van der Waals surface area contributed by atoms with Gasteiger partial charge in [0.1, 0.15) is 11.8 Å². The van der Waals surface area contributed by atoms with E-state index >= 15 is 0 Å². The van der Waals surface area contributed by atoms with Gasteiger partial charge in [0.15, 0.2) is 0 Å². The van der Waals surface area contributed by atoms with E-state index in [9.17, 15) is 13.2 Å². The number of carbonyl (C=O) groups is 1. The summed E-state index contributed by atoms with van der Waals surface area (Å²) in [5, 5.41) is 0. The van der Waals surface area contributed by atoms with Crippen LogP contribution in [0.3, 0.4) is 0 Å². The Morgan fingerprint density at radius 1 is 1.07 bits per heavy atom. The fraction of sp³-hybridized carbons (Fsp3) is 0.350. The van der Waals surface area contributed by atoms with Crippen LogP contribution in [0.2, 0.25) is 0 Å². The quantitative estimate of drug-likeness (QED) is 0.695. The minimum Gasteiger partial charge on any atom is -0.497 e. The molecule has 6 nitrogen and oxygen atoms in total. The van der Waals surface area contributed by atoms with Crippen molar-refractivity contribution in [2.24, 2.45) is 0 Å². The Labute approximate surface area is 161 Å². The lowest BCUT2D eigenvalue weighted by Crippen LogP contribution is -2.49. The van der Waals surface area contributed by atoms with Crippen LogP contribution in [0.5, 0.6) is 5.75 Å². The zero-order valence-corrected chi connectivity index (χ0v) is 16.9. The standard InChI is InChI=1S/C20H26N2O4S/c1-5-19(22(27(4,24)25)17-9-7-6-8-10-17)20(23)21(2)15-16-11-13-18(26-3)14-12-16/h6-14,19H,5,15H2,1-4H3. The topological polar surface area (TPSA) is 66.9 Å². The Kier molecular flexibility index (Phi) is 6.85. The van der Waals surface area contributed by atoms with Crippen molar-refractivity contribution in [3.8, 4) is 5.75 Å². The number of anilines is 1. The van der Waals surface area contributed by atoms with Crippen molar-refractivity contribution in [3.05, 3.63) is 60.2 Å². The number of amides is 1. The lowest BCUT2D eigenvalue weighted by Gasteiger charge is -2.32. The van der Waals surface area contributed by atoms with E-state index in [4.69, 9.17) is 4.74 Å². The van der Waals surface area contributed by atoms with Gasteiger partial charge in [-0.3, -0.25) is 9.10 Å². The third-order valence-electron chi connectivity index (χ3n) is 4.28. The highest BCUT2D eigenvalue weighted by atomic mass is 32.2. The number of hydrogen-bond donors (Lipinski definition) is 0. The monoisotopic (exact) mass is 390 g/mol. The summed E-state index contributed by atoms with van der Waals surface area (Å²) in [7, 11) is -0.342. The molecular formula is C20H26N2O4S. The van der Waals surface area contributed by atoms with Gasteiger partial charge in [-0.05, 0) is 36.2 Å². The van der Waals surface area contributed by atoms with Crippen LogP contribution >= 0.6 is 0 Å². The minimum atomic E-state index is -3.62. The van der Waals surface area contributed by atoms with Gasteiger partial charge in [0.25, 0.3) is 0 Å². The van der Waals surface area contributed by atoms with Crippen LogP contribution in [0, 0.1) is 0 Å².